The molecule has 0 saturated carbocycles. The maximum absolute atomic E-state index is 13.3. The van der Waals surface area contributed by atoms with Crippen LogP contribution in [0.2, 0.25) is 0 Å². The Hall–Kier alpha value is -2.83. The third-order valence-electron chi connectivity index (χ3n) is 5.39. The molecule has 2 heterocycles. The molecule has 0 N–H and O–H groups in total. The van der Waals surface area contributed by atoms with E-state index in [1.54, 1.807) is 27.2 Å². The van der Waals surface area contributed by atoms with Crippen LogP contribution in [0, 0.1) is 6.92 Å². The zero-order chi connectivity index (χ0) is 22.2. The van der Waals surface area contributed by atoms with Crippen molar-refractivity contribution in [3.63, 3.8) is 0 Å². The van der Waals surface area contributed by atoms with Crippen molar-refractivity contribution in [2.45, 2.75) is 45.8 Å². The number of hydrogen-bond donors (Lipinski definition) is 0. The monoisotopic (exact) mass is 417 g/mol. The normalized spacial score (nSPS) is 12.0. The summed E-state index contributed by atoms with van der Waals surface area (Å²) < 4.78 is 41.8. The molecule has 1 aromatic carbocycles. The molecule has 0 bridgehead atoms. The lowest BCUT2D eigenvalue weighted by molar-refractivity contribution is -0.137. The average molecular weight is 417 g/mol. The summed E-state index contributed by atoms with van der Waals surface area (Å²) >= 11 is 0. The van der Waals surface area contributed by atoms with Crippen LogP contribution in [0.15, 0.2) is 36.7 Å². The van der Waals surface area contributed by atoms with E-state index in [9.17, 15) is 18.0 Å². The largest absolute Gasteiger partial charge is 0.416 e. The fraction of sp³-hybridized carbons (Fsp3) is 0.391. The fourth-order valence-corrected chi connectivity index (χ4v) is 3.68. The van der Waals surface area contributed by atoms with Crippen LogP contribution in [0.25, 0.3) is 10.9 Å². The van der Waals surface area contributed by atoms with Crippen LogP contribution in [0.4, 0.5) is 13.2 Å². The van der Waals surface area contributed by atoms with Crippen molar-refractivity contribution >= 4 is 16.8 Å². The number of carbonyl (C=O) groups is 1. The predicted octanol–water partition coefficient (Wildman–Crippen LogP) is 5.17. The first-order valence-corrected chi connectivity index (χ1v) is 9.82. The third-order valence-corrected chi connectivity index (χ3v) is 5.39. The minimum absolute atomic E-state index is 0.0217. The highest BCUT2D eigenvalue weighted by Gasteiger charge is 2.32. The number of alkyl halides is 3. The molecular weight excluding hydrogens is 391 g/mol. The second-order valence-corrected chi connectivity index (χ2v) is 8.11. The number of pyridine rings is 1. The summed E-state index contributed by atoms with van der Waals surface area (Å²) in [7, 11) is 3.42. The van der Waals surface area contributed by atoms with E-state index >= 15 is 0 Å². The van der Waals surface area contributed by atoms with Gasteiger partial charge in [-0.15, -0.1) is 0 Å². The fourth-order valence-electron chi connectivity index (χ4n) is 3.68. The molecule has 7 heteroatoms. The van der Waals surface area contributed by atoms with Gasteiger partial charge >= 0.3 is 6.18 Å². The molecule has 0 saturated heterocycles. The van der Waals surface area contributed by atoms with Crippen LogP contribution < -0.4 is 0 Å². The van der Waals surface area contributed by atoms with E-state index in [4.69, 9.17) is 0 Å². The molecule has 4 nitrogen and oxygen atoms in total. The van der Waals surface area contributed by atoms with E-state index in [0.29, 0.717) is 17.5 Å². The highest BCUT2D eigenvalue weighted by atomic mass is 19.4. The number of hydrogen-bond acceptors (Lipinski definition) is 2. The Labute approximate surface area is 174 Å². The first-order valence-electron chi connectivity index (χ1n) is 9.82. The lowest BCUT2D eigenvalue weighted by Crippen LogP contribution is -2.25. The lowest BCUT2D eigenvalue weighted by atomic mass is 9.88. The van der Waals surface area contributed by atoms with Crippen molar-refractivity contribution in [2.75, 3.05) is 14.1 Å². The van der Waals surface area contributed by atoms with Gasteiger partial charge in [-0.05, 0) is 53.8 Å². The molecule has 0 unspecified atom stereocenters. The molecule has 0 aliphatic rings. The number of likely N-dealkylation sites (N-methyl/N-ethyl adjacent to an activating group) is 1. The highest BCUT2D eigenvalue weighted by molar-refractivity contribution is 5.85. The number of fused-ring (bicyclic) bond motifs is 1. The number of nitrogens with zero attached hydrogens (tertiary/aromatic N) is 3. The minimum Gasteiger partial charge on any atom is -0.347 e. The smallest absolute Gasteiger partial charge is 0.347 e. The zero-order valence-electron chi connectivity index (χ0n) is 17.8. The van der Waals surface area contributed by atoms with Gasteiger partial charge in [0.15, 0.2) is 0 Å². The van der Waals surface area contributed by atoms with Gasteiger partial charge in [-0.3, -0.25) is 9.78 Å². The second-order valence-electron chi connectivity index (χ2n) is 8.11. The first-order chi connectivity index (χ1) is 14.0. The van der Waals surface area contributed by atoms with Gasteiger partial charge in [0.2, 0.25) is 5.91 Å². The number of aromatic nitrogens is 2. The summed E-state index contributed by atoms with van der Waals surface area (Å²) in [4.78, 5) is 18.2. The molecular formula is C23H26F3N3O. The van der Waals surface area contributed by atoms with E-state index in [2.05, 4.69) is 4.98 Å². The van der Waals surface area contributed by atoms with Gasteiger partial charge in [0, 0.05) is 38.3 Å². The van der Waals surface area contributed by atoms with Gasteiger partial charge < -0.3 is 9.47 Å². The van der Waals surface area contributed by atoms with Gasteiger partial charge in [0.1, 0.15) is 6.54 Å². The van der Waals surface area contributed by atoms with Crippen molar-refractivity contribution in [2.24, 2.45) is 0 Å². The van der Waals surface area contributed by atoms with Crippen molar-refractivity contribution in [3.05, 3.63) is 64.6 Å². The van der Waals surface area contributed by atoms with Gasteiger partial charge in [-0.25, -0.2) is 0 Å². The molecule has 3 aromatic rings. The Kier molecular flexibility index (Phi) is 5.92. The quantitative estimate of drug-likeness (QED) is 0.575. The van der Waals surface area contributed by atoms with E-state index in [0.717, 1.165) is 22.2 Å². The maximum Gasteiger partial charge on any atom is 0.416 e. The molecule has 0 fully saturated rings. The second kappa shape index (κ2) is 8.13. The maximum atomic E-state index is 13.3. The molecule has 2 aromatic heterocycles. The minimum atomic E-state index is -4.37. The molecule has 0 radical (unpaired) electrons. The third kappa shape index (κ3) is 4.35. The summed E-state index contributed by atoms with van der Waals surface area (Å²) in [5.41, 5.74) is 3.21. The first kappa shape index (κ1) is 21.9. The van der Waals surface area contributed by atoms with E-state index < -0.39 is 11.7 Å². The Morgan fingerprint density at radius 2 is 1.90 bits per heavy atom. The van der Waals surface area contributed by atoms with Crippen molar-refractivity contribution in [3.8, 4) is 0 Å². The molecule has 0 atom stereocenters. The van der Waals surface area contributed by atoms with Gasteiger partial charge in [-0.2, -0.15) is 13.2 Å². The van der Waals surface area contributed by atoms with Gasteiger partial charge in [0.25, 0.3) is 0 Å². The Balaban J connectivity index is 2.05. The van der Waals surface area contributed by atoms with Crippen molar-refractivity contribution in [1.82, 2.24) is 14.5 Å². The summed E-state index contributed by atoms with van der Waals surface area (Å²) in [6, 6.07) is 6.23. The SMILES string of the molecule is Cc1cc(C(F)(F)F)cc(C(C)C)c1Cc1nccc2c1ccn2CC(=O)N(C)C. The summed E-state index contributed by atoms with van der Waals surface area (Å²) in [5.74, 6) is -0.0749. The van der Waals surface area contributed by atoms with Crippen LogP contribution in [0.1, 0.15) is 47.7 Å². The Morgan fingerprint density at radius 1 is 1.20 bits per heavy atom. The van der Waals surface area contributed by atoms with Crippen LogP contribution in [-0.4, -0.2) is 34.5 Å². The molecule has 0 aliphatic heterocycles. The highest BCUT2D eigenvalue weighted by Crippen LogP contribution is 2.35. The molecule has 1 amide bonds. The standard InChI is InChI=1S/C23H26F3N3O/c1-14(2)18-11-16(23(24,25)26)10-15(3)19(18)12-20-17-7-9-29(13-22(30)28(4)5)21(17)6-8-27-20/h6-11,14H,12-13H2,1-5H3. The van der Waals surface area contributed by atoms with Crippen molar-refractivity contribution in [1.29, 1.82) is 0 Å². The lowest BCUT2D eigenvalue weighted by Gasteiger charge is -2.19. The Bertz CT molecular complexity index is 1080. The number of halogens is 3. The molecule has 0 aliphatic carbocycles. The number of rotatable bonds is 5. The van der Waals surface area contributed by atoms with Gasteiger partial charge in [0.05, 0.1) is 16.8 Å². The summed E-state index contributed by atoms with van der Waals surface area (Å²) in [5, 5.41) is 0.901. The number of carbonyl (C=O) groups excluding carboxylic acids is 1. The number of aryl methyl sites for hydroxylation is 1. The van der Waals surface area contributed by atoms with Crippen LogP contribution in [-0.2, 0) is 23.9 Å². The van der Waals surface area contributed by atoms with Crippen LogP contribution in [0.5, 0.6) is 0 Å². The van der Waals surface area contributed by atoms with Crippen molar-refractivity contribution < 1.29 is 18.0 Å². The van der Waals surface area contributed by atoms with E-state index in [1.165, 1.54) is 17.0 Å². The predicted molar refractivity (Wildman–Crippen MR) is 112 cm³/mol. The average Bonchev–Trinajstić information content (AvgIpc) is 3.05. The molecule has 30 heavy (non-hydrogen) atoms. The Morgan fingerprint density at radius 3 is 2.50 bits per heavy atom. The number of benzene rings is 1. The topological polar surface area (TPSA) is 38.1 Å². The van der Waals surface area contributed by atoms with Gasteiger partial charge in [-0.1, -0.05) is 13.8 Å². The summed E-state index contributed by atoms with van der Waals surface area (Å²) in [6.07, 6.45) is -0.412. The van der Waals surface area contributed by atoms with Crippen LogP contribution in [0.3, 0.4) is 0 Å². The summed E-state index contributed by atoms with van der Waals surface area (Å²) in [6.45, 7) is 5.74. The molecule has 0 spiro atoms. The zero-order valence-corrected chi connectivity index (χ0v) is 17.8. The van der Waals surface area contributed by atoms with Crippen LogP contribution >= 0.6 is 0 Å². The molecule has 3 rings (SSSR count). The van der Waals surface area contributed by atoms with E-state index in [-0.39, 0.29) is 18.4 Å². The molecule has 160 valence electrons. The van der Waals surface area contributed by atoms with E-state index in [1.807, 2.05) is 36.7 Å². The number of amides is 1.